The smallest absolute Gasteiger partial charge is 0.308 e. The zero-order chi connectivity index (χ0) is 13.8. The standard InChI is InChI=1S/C13H14N2O4/c1-19-13-10(6-12(17)18)7-14-15(13)8-9-2-4-11(16)5-3-9/h2-5,7,16H,6,8H2,1H3,(H,17,18). The van der Waals surface area contributed by atoms with Gasteiger partial charge in [0.15, 0.2) is 0 Å². The number of benzene rings is 1. The van der Waals surface area contributed by atoms with Crippen LogP contribution in [0.1, 0.15) is 11.1 Å². The van der Waals surface area contributed by atoms with E-state index in [1.165, 1.54) is 13.3 Å². The molecule has 0 bridgehead atoms. The summed E-state index contributed by atoms with van der Waals surface area (Å²) in [6.45, 7) is 0.447. The first kappa shape index (κ1) is 12.9. The summed E-state index contributed by atoms with van der Waals surface area (Å²) in [5.74, 6) is -0.291. The van der Waals surface area contributed by atoms with Crippen molar-refractivity contribution in [1.82, 2.24) is 9.78 Å². The number of hydrogen-bond acceptors (Lipinski definition) is 4. The van der Waals surface area contributed by atoms with Crippen LogP contribution < -0.4 is 4.74 Å². The van der Waals surface area contributed by atoms with Crippen LogP contribution in [0.15, 0.2) is 30.5 Å². The number of ether oxygens (including phenoxy) is 1. The van der Waals surface area contributed by atoms with Crippen LogP contribution in [0.3, 0.4) is 0 Å². The Balaban J connectivity index is 2.22. The van der Waals surface area contributed by atoms with Crippen molar-refractivity contribution in [1.29, 1.82) is 0 Å². The van der Waals surface area contributed by atoms with Crippen LogP contribution >= 0.6 is 0 Å². The van der Waals surface area contributed by atoms with Gasteiger partial charge in [-0.25, -0.2) is 4.68 Å². The molecule has 0 aliphatic rings. The number of carbonyl (C=O) groups is 1. The van der Waals surface area contributed by atoms with Gasteiger partial charge < -0.3 is 14.9 Å². The van der Waals surface area contributed by atoms with Crippen molar-refractivity contribution in [3.05, 3.63) is 41.6 Å². The summed E-state index contributed by atoms with van der Waals surface area (Å²) >= 11 is 0. The van der Waals surface area contributed by atoms with Crippen LogP contribution in [0.2, 0.25) is 0 Å². The number of aliphatic carboxylic acids is 1. The highest BCUT2D eigenvalue weighted by atomic mass is 16.5. The molecular weight excluding hydrogens is 248 g/mol. The Morgan fingerprint density at radius 2 is 2.05 bits per heavy atom. The van der Waals surface area contributed by atoms with Crippen molar-refractivity contribution in [2.75, 3.05) is 7.11 Å². The van der Waals surface area contributed by atoms with E-state index in [2.05, 4.69) is 5.10 Å². The van der Waals surface area contributed by atoms with E-state index >= 15 is 0 Å². The normalized spacial score (nSPS) is 10.4. The maximum atomic E-state index is 10.7. The molecule has 0 radical (unpaired) electrons. The molecule has 0 fully saturated rings. The van der Waals surface area contributed by atoms with Gasteiger partial charge in [-0.2, -0.15) is 5.10 Å². The minimum absolute atomic E-state index is 0.126. The van der Waals surface area contributed by atoms with Crippen LogP contribution in [0.4, 0.5) is 0 Å². The third-order valence-corrected chi connectivity index (χ3v) is 2.67. The van der Waals surface area contributed by atoms with E-state index in [-0.39, 0.29) is 12.2 Å². The monoisotopic (exact) mass is 262 g/mol. The number of methoxy groups -OCH3 is 1. The van der Waals surface area contributed by atoms with E-state index in [9.17, 15) is 9.90 Å². The van der Waals surface area contributed by atoms with E-state index in [0.29, 0.717) is 18.0 Å². The molecule has 0 saturated carbocycles. The van der Waals surface area contributed by atoms with E-state index in [4.69, 9.17) is 9.84 Å². The first-order chi connectivity index (χ1) is 9.10. The third kappa shape index (κ3) is 3.04. The minimum atomic E-state index is -0.928. The van der Waals surface area contributed by atoms with Crippen molar-refractivity contribution >= 4 is 5.97 Å². The number of carboxylic acids is 1. The number of phenolic OH excluding ortho intramolecular Hbond substituents is 1. The number of aromatic hydroxyl groups is 1. The average molecular weight is 262 g/mol. The van der Waals surface area contributed by atoms with E-state index in [0.717, 1.165) is 5.56 Å². The van der Waals surface area contributed by atoms with Crippen LogP contribution in [-0.2, 0) is 17.8 Å². The van der Waals surface area contributed by atoms with Crippen LogP contribution in [0, 0.1) is 0 Å². The molecule has 19 heavy (non-hydrogen) atoms. The van der Waals surface area contributed by atoms with Gasteiger partial charge in [0.25, 0.3) is 0 Å². The lowest BCUT2D eigenvalue weighted by atomic mass is 10.2. The Morgan fingerprint density at radius 1 is 1.37 bits per heavy atom. The van der Waals surface area contributed by atoms with E-state index < -0.39 is 5.97 Å². The number of hydrogen-bond donors (Lipinski definition) is 2. The van der Waals surface area contributed by atoms with Gasteiger partial charge in [-0.3, -0.25) is 4.79 Å². The number of nitrogens with zero attached hydrogens (tertiary/aromatic N) is 2. The molecule has 1 aromatic heterocycles. The second kappa shape index (κ2) is 5.43. The molecule has 6 heteroatoms. The molecule has 0 unspecified atom stereocenters. The molecule has 1 aromatic carbocycles. The van der Waals surface area contributed by atoms with Gasteiger partial charge in [-0.1, -0.05) is 12.1 Å². The summed E-state index contributed by atoms with van der Waals surface area (Å²) in [5, 5.41) is 22.1. The molecule has 2 N–H and O–H groups in total. The van der Waals surface area contributed by atoms with Crippen molar-refractivity contribution in [2.45, 2.75) is 13.0 Å². The fourth-order valence-electron chi connectivity index (χ4n) is 1.82. The summed E-state index contributed by atoms with van der Waals surface area (Å²) in [5.41, 5.74) is 1.47. The average Bonchev–Trinajstić information content (AvgIpc) is 2.73. The molecule has 0 atom stereocenters. The molecule has 2 rings (SSSR count). The number of rotatable bonds is 5. The minimum Gasteiger partial charge on any atom is -0.508 e. The maximum Gasteiger partial charge on any atom is 0.308 e. The van der Waals surface area contributed by atoms with Gasteiger partial charge >= 0.3 is 5.97 Å². The molecule has 0 amide bonds. The fraction of sp³-hybridized carbons (Fsp3) is 0.231. The van der Waals surface area contributed by atoms with Crippen LogP contribution in [-0.4, -0.2) is 33.1 Å². The Hall–Kier alpha value is -2.50. The van der Waals surface area contributed by atoms with Crippen LogP contribution in [0.25, 0.3) is 0 Å². The molecule has 100 valence electrons. The summed E-state index contributed by atoms with van der Waals surface area (Å²) in [6, 6.07) is 6.72. The van der Waals surface area contributed by atoms with E-state index in [1.807, 2.05) is 0 Å². The SMILES string of the molecule is COc1c(CC(=O)O)cnn1Cc1ccc(O)cc1. The first-order valence-electron chi connectivity index (χ1n) is 5.68. The highest BCUT2D eigenvalue weighted by Crippen LogP contribution is 2.20. The number of aromatic nitrogens is 2. The maximum absolute atomic E-state index is 10.7. The van der Waals surface area contributed by atoms with Crippen molar-refractivity contribution in [3.63, 3.8) is 0 Å². The molecule has 0 saturated heterocycles. The second-order valence-corrected chi connectivity index (χ2v) is 4.07. The zero-order valence-corrected chi connectivity index (χ0v) is 10.4. The van der Waals surface area contributed by atoms with Gasteiger partial charge in [0, 0.05) is 5.56 Å². The summed E-state index contributed by atoms with van der Waals surface area (Å²) in [4.78, 5) is 10.7. The molecule has 2 aromatic rings. The van der Waals surface area contributed by atoms with Gasteiger partial charge in [-0.15, -0.1) is 0 Å². The van der Waals surface area contributed by atoms with Crippen molar-refractivity contribution in [3.8, 4) is 11.6 Å². The van der Waals surface area contributed by atoms with Gasteiger partial charge in [-0.05, 0) is 17.7 Å². The van der Waals surface area contributed by atoms with Gasteiger partial charge in [0.1, 0.15) is 5.75 Å². The molecule has 0 spiro atoms. The Kier molecular flexibility index (Phi) is 3.70. The quantitative estimate of drug-likeness (QED) is 0.847. The zero-order valence-electron chi connectivity index (χ0n) is 10.4. The Labute approximate surface area is 109 Å². The van der Waals surface area contributed by atoms with Gasteiger partial charge in [0.2, 0.25) is 5.88 Å². The predicted octanol–water partition coefficient (Wildman–Crippen LogP) is 1.27. The number of phenols is 1. The van der Waals surface area contributed by atoms with Crippen molar-refractivity contribution in [2.24, 2.45) is 0 Å². The topological polar surface area (TPSA) is 84.6 Å². The molecule has 0 aliphatic heterocycles. The van der Waals surface area contributed by atoms with E-state index in [1.54, 1.807) is 28.9 Å². The highest BCUT2D eigenvalue weighted by Gasteiger charge is 2.14. The molecule has 6 nitrogen and oxygen atoms in total. The number of carboxylic acid groups (broad SMARTS) is 1. The second-order valence-electron chi connectivity index (χ2n) is 4.07. The molecular formula is C13H14N2O4. The van der Waals surface area contributed by atoms with Crippen molar-refractivity contribution < 1.29 is 19.7 Å². The third-order valence-electron chi connectivity index (χ3n) is 2.67. The Morgan fingerprint density at radius 3 is 2.63 bits per heavy atom. The predicted molar refractivity (Wildman–Crippen MR) is 67.3 cm³/mol. The lowest BCUT2D eigenvalue weighted by molar-refractivity contribution is -0.136. The van der Waals surface area contributed by atoms with Crippen LogP contribution in [0.5, 0.6) is 11.6 Å². The van der Waals surface area contributed by atoms with Gasteiger partial charge in [0.05, 0.1) is 26.3 Å². The molecule has 0 aliphatic carbocycles. The largest absolute Gasteiger partial charge is 0.508 e. The highest BCUT2D eigenvalue weighted by molar-refractivity contribution is 5.70. The lowest BCUT2D eigenvalue weighted by Crippen LogP contribution is -2.06. The molecule has 1 heterocycles. The summed E-state index contributed by atoms with van der Waals surface area (Å²) in [6.07, 6.45) is 1.37. The summed E-state index contributed by atoms with van der Waals surface area (Å²) < 4.78 is 6.79. The first-order valence-corrected chi connectivity index (χ1v) is 5.68. The Bertz CT molecular complexity index is 575. The fourth-order valence-corrected chi connectivity index (χ4v) is 1.82. The summed E-state index contributed by atoms with van der Waals surface area (Å²) in [7, 11) is 1.48. The lowest BCUT2D eigenvalue weighted by Gasteiger charge is -2.07.